The molecule has 0 fully saturated rings. The van der Waals surface area contributed by atoms with Gasteiger partial charge in [0.15, 0.2) is 0 Å². The second-order valence-electron chi connectivity index (χ2n) is 4.78. The van der Waals surface area contributed by atoms with Crippen LogP contribution in [0.25, 0.3) is 0 Å². The average Bonchev–Trinajstić information content (AvgIpc) is 2.45. The molecule has 120 valence electrons. The summed E-state index contributed by atoms with van der Waals surface area (Å²) in [6.45, 7) is 1.61. The van der Waals surface area contributed by atoms with Crippen LogP contribution in [0.1, 0.15) is 17.5 Å². The second kappa shape index (κ2) is 9.02. The summed E-state index contributed by atoms with van der Waals surface area (Å²) in [5.41, 5.74) is 0.0623. The molecule has 0 heterocycles. The van der Waals surface area contributed by atoms with Crippen LogP contribution in [0.15, 0.2) is 24.3 Å². The molecule has 1 aromatic carbocycles. The highest BCUT2D eigenvalue weighted by Crippen LogP contribution is 2.29. The SMILES string of the molecule is CNC(CCOCCOC)Cc1cccc(C(F)(F)F)c1. The van der Waals surface area contributed by atoms with Crippen molar-refractivity contribution in [3.63, 3.8) is 0 Å². The Morgan fingerprint density at radius 3 is 2.57 bits per heavy atom. The van der Waals surface area contributed by atoms with Gasteiger partial charge in [0.25, 0.3) is 0 Å². The number of methoxy groups -OCH3 is 1. The van der Waals surface area contributed by atoms with E-state index >= 15 is 0 Å². The maximum absolute atomic E-state index is 12.7. The van der Waals surface area contributed by atoms with E-state index in [9.17, 15) is 13.2 Å². The number of ether oxygens (including phenoxy) is 2. The highest BCUT2D eigenvalue weighted by atomic mass is 19.4. The van der Waals surface area contributed by atoms with Gasteiger partial charge < -0.3 is 14.8 Å². The molecule has 0 bridgehead atoms. The van der Waals surface area contributed by atoms with Gasteiger partial charge in [-0.3, -0.25) is 0 Å². The highest BCUT2D eigenvalue weighted by molar-refractivity contribution is 5.26. The molecule has 3 nitrogen and oxygen atoms in total. The summed E-state index contributed by atoms with van der Waals surface area (Å²) in [5.74, 6) is 0. The van der Waals surface area contributed by atoms with Crippen molar-refractivity contribution in [3.05, 3.63) is 35.4 Å². The van der Waals surface area contributed by atoms with Crippen molar-refractivity contribution in [2.45, 2.75) is 25.1 Å². The van der Waals surface area contributed by atoms with Crippen molar-refractivity contribution in [2.75, 3.05) is 34.0 Å². The van der Waals surface area contributed by atoms with Gasteiger partial charge in [-0.1, -0.05) is 18.2 Å². The second-order valence-corrected chi connectivity index (χ2v) is 4.78. The lowest BCUT2D eigenvalue weighted by Crippen LogP contribution is -2.29. The first-order valence-corrected chi connectivity index (χ1v) is 6.87. The van der Waals surface area contributed by atoms with Crippen LogP contribution in [0.5, 0.6) is 0 Å². The van der Waals surface area contributed by atoms with E-state index in [1.54, 1.807) is 20.2 Å². The minimum atomic E-state index is -4.30. The molecule has 1 unspecified atom stereocenters. The molecule has 0 radical (unpaired) electrons. The number of alkyl halides is 3. The van der Waals surface area contributed by atoms with E-state index in [1.165, 1.54) is 12.1 Å². The van der Waals surface area contributed by atoms with Gasteiger partial charge in [0.1, 0.15) is 0 Å². The standard InChI is InChI=1S/C15H22F3NO2/c1-19-14(6-7-21-9-8-20-2)11-12-4-3-5-13(10-12)15(16,17)18/h3-5,10,14,19H,6-9,11H2,1-2H3. The van der Waals surface area contributed by atoms with Gasteiger partial charge in [-0.2, -0.15) is 13.2 Å². The van der Waals surface area contributed by atoms with Crippen LogP contribution < -0.4 is 5.32 Å². The molecule has 0 saturated carbocycles. The number of benzene rings is 1. The molecular weight excluding hydrogens is 283 g/mol. The number of halogens is 3. The molecule has 0 amide bonds. The normalized spacial score (nSPS) is 13.4. The van der Waals surface area contributed by atoms with Gasteiger partial charge >= 0.3 is 6.18 Å². The Labute approximate surface area is 123 Å². The van der Waals surface area contributed by atoms with E-state index in [0.717, 1.165) is 12.5 Å². The van der Waals surface area contributed by atoms with Crippen LogP contribution in [0.3, 0.4) is 0 Å². The monoisotopic (exact) mass is 305 g/mol. The van der Waals surface area contributed by atoms with E-state index in [-0.39, 0.29) is 6.04 Å². The summed E-state index contributed by atoms with van der Waals surface area (Å²) >= 11 is 0. The fourth-order valence-electron chi connectivity index (χ4n) is 1.98. The topological polar surface area (TPSA) is 30.5 Å². The maximum Gasteiger partial charge on any atom is 0.416 e. The molecule has 1 atom stereocenters. The average molecular weight is 305 g/mol. The lowest BCUT2D eigenvalue weighted by molar-refractivity contribution is -0.137. The molecular formula is C15H22F3NO2. The summed E-state index contributed by atoms with van der Waals surface area (Å²) < 4.78 is 48.2. The number of nitrogens with one attached hydrogen (secondary N) is 1. The predicted molar refractivity (Wildman–Crippen MR) is 75.3 cm³/mol. The lowest BCUT2D eigenvalue weighted by atomic mass is 10.0. The Kier molecular flexibility index (Phi) is 7.71. The molecule has 1 aromatic rings. The van der Waals surface area contributed by atoms with E-state index in [4.69, 9.17) is 9.47 Å². The van der Waals surface area contributed by atoms with Gasteiger partial charge in [0.05, 0.1) is 18.8 Å². The summed E-state index contributed by atoms with van der Waals surface area (Å²) in [6, 6.07) is 5.53. The van der Waals surface area contributed by atoms with Crippen molar-refractivity contribution < 1.29 is 22.6 Å². The van der Waals surface area contributed by atoms with Crippen LogP contribution >= 0.6 is 0 Å². The quantitative estimate of drug-likeness (QED) is 0.712. The third-order valence-electron chi connectivity index (χ3n) is 3.19. The van der Waals surface area contributed by atoms with Gasteiger partial charge in [-0.15, -0.1) is 0 Å². The molecule has 0 aromatic heterocycles. The van der Waals surface area contributed by atoms with Crippen LogP contribution in [0.4, 0.5) is 13.2 Å². The Bertz CT molecular complexity index is 410. The molecule has 1 N–H and O–H groups in total. The summed E-state index contributed by atoms with van der Waals surface area (Å²) in [5, 5.41) is 3.11. The van der Waals surface area contributed by atoms with Crippen molar-refractivity contribution in [2.24, 2.45) is 0 Å². The van der Waals surface area contributed by atoms with Crippen molar-refractivity contribution >= 4 is 0 Å². The minimum absolute atomic E-state index is 0.0797. The number of hydrogen-bond donors (Lipinski definition) is 1. The number of likely N-dealkylation sites (N-methyl/N-ethyl adjacent to an activating group) is 1. The molecule has 21 heavy (non-hydrogen) atoms. The summed E-state index contributed by atoms with van der Waals surface area (Å²) in [6.07, 6.45) is -3.03. The van der Waals surface area contributed by atoms with Gasteiger partial charge in [-0.25, -0.2) is 0 Å². The van der Waals surface area contributed by atoms with Crippen molar-refractivity contribution in [3.8, 4) is 0 Å². The molecule has 1 rings (SSSR count). The van der Waals surface area contributed by atoms with Gasteiger partial charge in [-0.05, 0) is 31.5 Å². The largest absolute Gasteiger partial charge is 0.416 e. The number of rotatable bonds is 9. The fourth-order valence-corrected chi connectivity index (χ4v) is 1.98. The van der Waals surface area contributed by atoms with Crippen LogP contribution in [-0.2, 0) is 22.1 Å². The zero-order chi connectivity index (χ0) is 15.7. The molecule has 6 heteroatoms. The van der Waals surface area contributed by atoms with Crippen molar-refractivity contribution in [1.29, 1.82) is 0 Å². The van der Waals surface area contributed by atoms with Gasteiger partial charge in [0.2, 0.25) is 0 Å². The first-order valence-electron chi connectivity index (χ1n) is 6.87. The smallest absolute Gasteiger partial charge is 0.382 e. The summed E-state index contributed by atoms with van der Waals surface area (Å²) in [7, 11) is 3.40. The molecule has 0 aliphatic carbocycles. The Balaban J connectivity index is 2.49. The first-order chi connectivity index (χ1) is 9.97. The lowest BCUT2D eigenvalue weighted by Gasteiger charge is -2.17. The third kappa shape index (κ3) is 6.93. The highest BCUT2D eigenvalue weighted by Gasteiger charge is 2.30. The van der Waals surface area contributed by atoms with Gasteiger partial charge in [0, 0.05) is 19.8 Å². The molecule has 0 saturated heterocycles. The first kappa shape index (κ1) is 17.9. The van der Waals surface area contributed by atoms with E-state index in [0.29, 0.717) is 31.8 Å². The third-order valence-corrected chi connectivity index (χ3v) is 3.19. The fraction of sp³-hybridized carbons (Fsp3) is 0.600. The zero-order valence-electron chi connectivity index (χ0n) is 12.4. The summed E-state index contributed by atoms with van der Waals surface area (Å²) in [4.78, 5) is 0. The Hall–Kier alpha value is -1.11. The zero-order valence-corrected chi connectivity index (χ0v) is 12.4. The van der Waals surface area contributed by atoms with E-state index in [1.807, 2.05) is 0 Å². The number of hydrogen-bond acceptors (Lipinski definition) is 3. The molecule has 0 spiro atoms. The molecule has 0 aliphatic heterocycles. The maximum atomic E-state index is 12.7. The van der Waals surface area contributed by atoms with Crippen LogP contribution in [0.2, 0.25) is 0 Å². The van der Waals surface area contributed by atoms with Crippen LogP contribution in [0, 0.1) is 0 Å². The minimum Gasteiger partial charge on any atom is -0.382 e. The Morgan fingerprint density at radius 1 is 1.19 bits per heavy atom. The van der Waals surface area contributed by atoms with E-state index < -0.39 is 11.7 Å². The predicted octanol–water partition coefficient (Wildman–Crippen LogP) is 2.89. The van der Waals surface area contributed by atoms with E-state index in [2.05, 4.69) is 5.32 Å². The molecule has 0 aliphatic rings. The van der Waals surface area contributed by atoms with Crippen molar-refractivity contribution in [1.82, 2.24) is 5.32 Å². The van der Waals surface area contributed by atoms with Crippen LogP contribution in [-0.4, -0.2) is 40.0 Å². The Morgan fingerprint density at radius 2 is 1.95 bits per heavy atom.